The van der Waals surface area contributed by atoms with Crippen molar-refractivity contribution < 1.29 is 9.53 Å². The molecule has 1 aliphatic rings. The van der Waals surface area contributed by atoms with Crippen molar-refractivity contribution in [3.63, 3.8) is 0 Å². The number of carbonyl (C=O) groups is 1. The maximum absolute atomic E-state index is 12.3. The number of ether oxygens (including phenoxy) is 1. The lowest BCUT2D eigenvalue weighted by molar-refractivity contribution is 0.0383. The number of thiophene rings is 1. The summed E-state index contributed by atoms with van der Waals surface area (Å²) in [5, 5.41) is 1.00. The van der Waals surface area contributed by atoms with Gasteiger partial charge in [0, 0.05) is 13.1 Å². The molecule has 0 radical (unpaired) electrons. The van der Waals surface area contributed by atoms with E-state index in [1.54, 1.807) is 6.33 Å². The molecule has 6 heteroatoms. The molecule has 1 saturated heterocycles. The first-order chi connectivity index (χ1) is 11.0. The van der Waals surface area contributed by atoms with Crippen LogP contribution in [-0.4, -0.2) is 35.1 Å². The molecule has 124 valence electrons. The lowest BCUT2D eigenvalue weighted by atomic mass is 9.99. The predicted octanol–water partition coefficient (Wildman–Crippen LogP) is 3.80. The molecule has 0 amide bonds. The summed E-state index contributed by atoms with van der Waals surface area (Å²) in [5.41, 5.74) is 0.935. The number of aromatic nitrogens is 2. The van der Waals surface area contributed by atoms with Crippen molar-refractivity contribution in [2.24, 2.45) is 5.92 Å². The van der Waals surface area contributed by atoms with Gasteiger partial charge in [0.15, 0.2) is 0 Å². The first-order valence-electron chi connectivity index (χ1n) is 8.17. The number of nitrogens with zero attached hydrogens (tertiary/aromatic N) is 3. The Bertz CT molecular complexity index is 718. The van der Waals surface area contributed by atoms with Gasteiger partial charge in [0.1, 0.15) is 21.9 Å². The minimum atomic E-state index is -0.265. The average Bonchev–Trinajstić information content (AvgIpc) is 2.85. The molecule has 1 fully saturated rings. The fourth-order valence-electron chi connectivity index (χ4n) is 2.98. The van der Waals surface area contributed by atoms with Crippen molar-refractivity contribution in [3.8, 4) is 0 Å². The van der Waals surface area contributed by atoms with E-state index in [4.69, 9.17) is 4.74 Å². The molecule has 0 N–H and O–H groups in total. The number of piperidine rings is 1. The molecule has 0 spiro atoms. The Kier molecular flexibility index (Phi) is 4.53. The first-order valence-corrected chi connectivity index (χ1v) is 8.99. The lowest BCUT2D eigenvalue weighted by Crippen LogP contribution is -2.33. The minimum Gasteiger partial charge on any atom is -0.459 e. The third-order valence-electron chi connectivity index (χ3n) is 4.32. The normalized spacial score (nSPS) is 16.3. The number of hydrogen-bond donors (Lipinski definition) is 0. The molecular weight excluding hydrogens is 310 g/mol. The van der Waals surface area contributed by atoms with Crippen LogP contribution >= 0.6 is 11.3 Å². The molecule has 5 nitrogen and oxygen atoms in total. The van der Waals surface area contributed by atoms with Crippen LogP contribution in [-0.2, 0) is 4.74 Å². The zero-order valence-corrected chi connectivity index (χ0v) is 14.9. The zero-order valence-electron chi connectivity index (χ0n) is 14.1. The first kappa shape index (κ1) is 16.2. The highest BCUT2D eigenvalue weighted by Crippen LogP contribution is 2.36. The summed E-state index contributed by atoms with van der Waals surface area (Å²) in [4.78, 5) is 25.0. The van der Waals surface area contributed by atoms with Gasteiger partial charge in [-0.05, 0) is 45.1 Å². The number of carbonyl (C=O) groups excluding carboxylic acids is 1. The van der Waals surface area contributed by atoms with Crippen LogP contribution in [0.4, 0.5) is 5.82 Å². The molecule has 0 saturated carbocycles. The van der Waals surface area contributed by atoms with Gasteiger partial charge in [0.2, 0.25) is 0 Å². The van der Waals surface area contributed by atoms with E-state index in [0.29, 0.717) is 4.88 Å². The lowest BCUT2D eigenvalue weighted by Gasteiger charge is -2.31. The number of esters is 1. The van der Waals surface area contributed by atoms with Crippen molar-refractivity contribution in [1.82, 2.24) is 9.97 Å². The van der Waals surface area contributed by atoms with Crippen LogP contribution in [0.5, 0.6) is 0 Å². The van der Waals surface area contributed by atoms with Crippen molar-refractivity contribution in [2.75, 3.05) is 18.0 Å². The molecule has 1 aliphatic heterocycles. The van der Waals surface area contributed by atoms with E-state index >= 15 is 0 Å². The molecule has 3 heterocycles. The second-order valence-electron chi connectivity index (χ2n) is 6.56. The van der Waals surface area contributed by atoms with Gasteiger partial charge in [-0.2, -0.15) is 0 Å². The van der Waals surface area contributed by atoms with Crippen LogP contribution in [0.1, 0.15) is 48.8 Å². The topological polar surface area (TPSA) is 55.3 Å². The smallest absolute Gasteiger partial charge is 0.348 e. The van der Waals surface area contributed by atoms with Gasteiger partial charge in [-0.3, -0.25) is 0 Å². The molecule has 0 aliphatic carbocycles. The Hall–Kier alpha value is -1.69. The van der Waals surface area contributed by atoms with E-state index in [0.717, 1.165) is 40.6 Å². The van der Waals surface area contributed by atoms with Gasteiger partial charge in [-0.15, -0.1) is 11.3 Å². The molecule has 3 rings (SSSR count). The van der Waals surface area contributed by atoms with Crippen molar-refractivity contribution in [2.45, 2.75) is 46.6 Å². The van der Waals surface area contributed by atoms with E-state index in [1.807, 2.05) is 20.8 Å². The van der Waals surface area contributed by atoms with Gasteiger partial charge in [0.05, 0.1) is 11.5 Å². The second kappa shape index (κ2) is 6.43. The highest BCUT2D eigenvalue weighted by atomic mass is 32.1. The number of aryl methyl sites for hydroxylation is 1. The van der Waals surface area contributed by atoms with E-state index in [9.17, 15) is 4.79 Å². The largest absolute Gasteiger partial charge is 0.459 e. The predicted molar refractivity (Wildman–Crippen MR) is 93.3 cm³/mol. The van der Waals surface area contributed by atoms with Crippen LogP contribution in [0.2, 0.25) is 0 Å². The minimum absolute atomic E-state index is 0.124. The summed E-state index contributed by atoms with van der Waals surface area (Å²) in [6.07, 6.45) is 3.83. The van der Waals surface area contributed by atoms with Crippen LogP contribution in [0, 0.1) is 12.8 Å². The molecular formula is C17H23N3O2S. The summed E-state index contributed by atoms with van der Waals surface area (Å²) in [6, 6.07) is 0. The fraction of sp³-hybridized carbons (Fsp3) is 0.588. The summed E-state index contributed by atoms with van der Waals surface area (Å²) < 4.78 is 5.36. The molecule has 0 unspecified atom stereocenters. The Labute approximate surface area is 140 Å². The highest BCUT2D eigenvalue weighted by Gasteiger charge is 2.24. The quantitative estimate of drug-likeness (QED) is 0.800. The van der Waals surface area contributed by atoms with E-state index in [1.165, 1.54) is 24.2 Å². The van der Waals surface area contributed by atoms with Gasteiger partial charge in [-0.1, -0.05) is 6.92 Å². The molecule has 2 aromatic rings. The highest BCUT2D eigenvalue weighted by molar-refractivity contribution is 7.20. The third kappa shape index (κ3) is 3.17. The van der Waals surface area contributed by atoms with Crippen molar-refractivity contribution >= 4 is 33.3 Å². The Morgan fingerprint density at radius 2 is 2.04 bits per heavy atom. The molecule has 0 bridgehead atoms. The van der Waals surface area contributed by atoms with E-state index < -0.39 is 0 Å². The monoisotopic (exact) mass is 333 g/mol. The van der Waals surface area contributed by atoms with Crippen LogP contribution < -0.4 is 4.90 Å². The third-order valence-corrected chi connectivity index (χ3v) is 5.50. The summed E-state index contributed by atoms with van der Waals surface area (Å²) in [5.74, 6) is 1.46. The van der Waals surface area contributed by atoms with Gasteiger partial charge >= 0.3 is 5.97 Å². The van der Waals surface area contributed by atoms with Crippen LogP contribution in [0.3, 0.4) is 0 Å². The van der Waals surface area contributed by atoms with Crippen LogP contribution in [0.25, 0.3) is 10.2 Å². The zero-order chi connectivity index (χ0) is 16.6. The number of fused-ring (bicyclic) bond motifs is 1. The van der Waals surface area contributed by atoms with Gasteiger partial charge < -0.3 is 9.64 Å². The van der Waals surface area contributed by atoms with E-state index in [-0.39, 0.29) is 12.1 Å². The fourth-order valence-corrected chi connectivity index (χ4v) is 4.00. The standard InChI is InChI=1S/C17H23N3O2S/c1-10(2)22-17(21)14-12(4)13-15(18-9-19-16(13)23-14)20-7-5-11(3)6-8-20/h9-11H,5-8H2,1-4H3. The second-order valence-corrected chi connectivity index (χ2v) is 7.56. The Balaban J connectivity index is 2.00. The summed E-state index contributed by atoms with van der Waals surface area (Å²) in [7, 11) is 0. The summed E-state index contributed by atoms with van der Waals surface area (Å²) in [6.45, 7) is 10.0. The Morgan fingerprint density at radius 1 is 1.35 bits per heavy atom. The molecule has 23 heavy (non-hydrogen) atoms. The number of rotatable bonds is 3. The van der Waals surface area contributed by atoms with Crippen LogP contribution in [0.15, 0.2) is 6.33 Å². The van der Waals surface area contributed by atoms with Gasteiger partial charge in [-0.25, -0.2) is 14.8 Å². The van der Waals surface area contributed by atoms with Crippen molar-refractivity contribution in [1.29, 1.82) is 0 Å². The average molecular weight is 333 g/mol. The molecule has 0 aromatic carbocycles. The van der Waals surface area contributed by atoms with Crippen molar-refractivity contribution in [3.05, 3.63) is 16.8 Å². The summed E-state index contributed by atoms with van der Waals surface area (Å²) >= 11 is 1.40. The van der Waals surface area contributed by atoms with Gasteiger partial charge in [0.25, 0.3) is 0 Å². The Morgan fingerprint density at radius 3 is 2.70 bits per heavy atom. The molecule has 2 aromatic heterocycles. The SMILES string of the molecule is Cc1c(C(=O)OC(C)C)sc2ncnc(N3CCC(C)CC3)c12. The van der Waals surface area contributed by atoms with E-state index in [2.05, 4.69) is 21.8 Å². The maximum Gasteiger partial charge on any atom is 0.348 e. The molecule has 0 atom stereocenters. The number of anilines is 1. The number of hydrogen-bond acceptors (Lipinski definition) is 6. The maximum atomic E-state index is 12.3.